The van der Waals surface area contributed by atoms with E-state index in [4.69, 9.17) is 0 Å². The summed E-state index contributed by atoms with van der Waals surface area (Å²) < 4.78 is 25.7. The maximum atomic E-state index is 13.1. The van der Waals surface area contributed by atoms with Gasteiger partial charge in [0.15, 0.2) is 0 Å². The standard InChI is InChI=1S/C18H27N3O3S.ClH/c1-3-9-20(16-7-8-19-13-16)18(22)17-6-5-15(12-14(17)2)21-10-4-11-25(21,23)24;/h5-6,12,16,19H,3-4,7-11,13H2,1-2H3;1H. The molecule has 0 bridgehead atoms. The third-order valence-electron chi connectivity index (χ3n) is 5.03. The van der Waals surface area contributed by atoms with Crippen molar-refractivity contribution in [2.45, 2.75) is 39.2 Å². The predicted octanol–water partition coefficient (Wildman–Crippen LogP) is 2.17. The van der Waals surface area contributed by atoms with Gasteiger partial charge < -0.3 is 10.2 Å². The molecule has 0 aromatic heterocycles. The summed E-state index contributed by atoms with van der Waals surface area (Å²) >= 11 is 0. The van der Waals surface area contributed by atoms with Crippen LogP contribution in [0.15, 0.2) is 18.2 Å². The summed E-state index contributed by atoms with van der Waals surface area (Å²) in [4.78, 5) is 15.0. The molecule has 6 nitrogen and oxygen atoms in total. The summed E-state index contributed by atoms with van der Waals surface area (Å²) in [5.74, 6) is 0.245. The Bertz CT molecular complexity index is 748. The van der Waals surface area contributed by atoms with Crippen LogP contribution >= 0.6 is 12.4 Å². The fourth-order valence-electron chi connectivity index (χ4n) is 3.72. The zero-order valence-corrected chi connectivity index (χ0v) is 17.0. The van der Waals surface area contributed by atoms with E-state index in [2.05, 4.69) is 12.2 Å². The minimum absolute atomic E-state index is 0. The number of aryl methyl sites for hydroxylation is 1. The molecule has 0 aliphatic carbocycles. The lowest BCUT2D eigenvalue weighted by Gasteiger charge is -2.29. The van der Waals surface area contributed by atoms with E-state index in [0.717, 1.165) is 38.0 Å². The Balaban J connectivity index is 0.00000243. The van der Waals surface area contributed by atoms with Gasteiger partial charge in [0.05, 0.1) is 11.4 Å². The summed E-state index contributed by atoms with van der Waals surface area (Å²) in [5.41, 5.74) is 2.16. The molecule has 2 heterocycles. The second-order valence-electron chi connectivity index (χ2n) is 6.89. The topological polar surface area (TPSA) is 69.7 Å². The number of halogens is 1. The van der Waals surface area contributed by atoms with E-state index < -0.39 is 10.0 Å². The van der Waals surface area contributed by atoms with Crippen LogP contribution in [0.5, 0.6) is 0 Å². The number of rotatable bonds is 5. The average Bonchev–Trinajstić information content (AvgIpc) is 3.21. The van der Waals surface area contributed by atoms with Crippen molar-refractivity contribution in [2.75, 3.05) is 36.2 Å². The van der Waals surface area contributed by atoms with E-state index in [0.29, 0.717) is 24.2 Å². The number of anilines is 1. The number of amides is 1. The van der Waals surface area contributed by atoms with Crippen LogP contribution in [0.1, 0.15) is 42.1 Å². The van der Waals surface area contributed by atoms with Gasteiger partial charge in [0.2, 0.25) is 10.0 Å². The number of carbonyl (C=O) groups is 1. The first-order valence-corrected chi connectivity index (χ1v) is 10.7. The first-order chi connectivity index (χ1) is 11.9. The smallest absolute Gasteiger partial charge is 0.254 e. The fraction of sp³-hybridized carbons (Fsp3) is 0.611. The first kappa shape index (κ1) is 21.0. The molecule has 8 heteroatoms. The highest BCUT2D eigenvalue weighted by molar-refractivity contribution is 7.93. The van der Waals surface area contributed by atoms with E-state index in [-0.39, 0.29) is 30.1 Å². The van der Waals surface area contributed by atoms with Gasteiger partial charge in [0, 0.05) is 31.2 Å². The van der Waals surface area contributed by atoms with Crippen LogP contribution in [-0.4, -0.2) is 57.2 Å². The van der Waals surface area contributed by atoms with Crippen molar-refractivity contribution in [3.05, 3.63) is 29.3 Å². The zero-order chi connectivity index (χ0) is 18.0. The third-order valence-corrected chi connectivity index (χ3v) is 6.90. The van der Waals surface area contributed by atoms with E-state index in [9.17, 15) is 13.2 Å². The number of sulfonamides is 1. The molecular weight excluding hydrogens is 374 g/mol. The Hall–Kier alpha value is -1.31. The van der Waals surface area contributed by atoms with E-state index in [1.54, 1.807) is 12.1 Å². The van der Waals surface area contributed by atoms with Crippen LogP contribution in [0.2, 0.25) is 0 Å². The Labute approximate surface area is 162 Å². The molecule has 0 spiro atoms. The SMILES string of the molecule is CCCN(C(=O)c1ccc(N2CCCS2(=O)=O)cc1C)C1CCNC1.Cl. The summed E-state index contributed by atoms with van der Waals surface area (Å²) in [6.07, 6.45) is 2.56. The molecule has 2 aliphatic heterocycles. The van der Waals surface area contributed by atoms with Crippen molar-refractivity contribution in [2.24, 2.45) is 0 Å². The summed E-state index contributed by atoms with van der Waals surface area (Å²) in [6.45, 7) is 7.02. The highest BCUT2D eigenvalue weighted by Gasteiger charge is 2.30. The summed E-state index contributed by atoms with van der Waals surface area (Å²) in [6, 6.07) is 5.62. The molecule has 1 unspecified atom stereocenters. The van der Waals surface area contributed by atoms with Gasteiger partial charge in [-0.3, -0.25) is 9.10 Å². The minimum atomic E-state index is -3.20. The minimum Gasteiger partial charge on any atom is -0.334 e. The Morgan fingerprint density at radius 1 is 1.38 bits per heavy atom. The van der Waals surface area contributed by atoms with Gasteiger partial charge in [-0.15, -0.1) is 12.4 Å². The van der Waals surface area contributed by atoms with Crippen molar-refractivity contribution >= 4 is 34.0 Å². The second-order valence-corrected chi connectivity index (χ2v) is 8.90. The molecule has 1 N–H and O–H groups in total. The average molecular weight is 402 g/mol. The van der Waals surface area contributed by atoms with Gasteiger partial charge in [-0.25, -0.2) is 8.42 Å². The number of benzene rings is 1. The molecular formula is C18H28ClN3O3S. The Kier molecular flexibility index (Phi) is 6.93. The molecule has 146 valence electrons. The number of nitrogens with one attached hydrogen (secondary N) is 1. The first-order valence-electron chi connectivity index (χ1n) is 9.07. The van der Waals surface area contributed by atoms with Crippen LogP contribution in [0.4, 0.5) is 5.69 Å². The zero-order valence-electron chi connectivity index (χ0n) is 15.4. The van der Waals surface area contributed by atoms with Crippen LogP contribution in [0.25, 0.3) is 0 Å². The van der Waals surface area contributed by atoms with Crippen LogP contribution in [0, 0.1) is 6.92 Å². The predicted molar refractivity (Wildman–Crippen MR) is 107 cm³/mol. The Morgan fingerprint density at radius 3 is 2.69 bits per heavy atom. The maximum absolute atomic E-state index is 13.1. The van der Waals surface area contributed by atoms with Crippen LogP contribution in [0.3, 0.4) is 0 Å². The van der Waals surface area contributed by atoms with E-state index in [1.165, 1.54) is 4.31 Å². The number of carbonyl (C=O) groups excluding carboxylic acids is 1. The highest BCUT2D eigenvalue weighted by atomic mass is 35.5. The molecule has 1 atom stereocenters. The lowest BCUT2D eigenvalue weighted by molar-refractivity contribution is 0.0691. The lowest BCUT2D eigenvalue weighted by atomic mass is 10.0. The quantitative estimate of drug-likeness (QED) is 0.820. The summed E-state index contributed by atoms with van der Waals surface area (Å²) in [7, 11) is -3.20. The van der Waals surface area contributed by atoms with Crippen molar-refractivity contribution in [1.29, 1.82) is 0 Å². The van der Waals surface area contributed by atoms with Crippen molar-refractivity contribution in [3.63, 3.8) is 0 Å². The molecule has 2 saturated heterocycles. The highest BCUT2D eigenvalue weighted by Crippen LogP contribution is 2.27. The Morgan fingerprint density at radius 2 is 2.15 bits per heavy atom. The van der Waals surface area contributed by atoms with Gasteiger partial charge in [0.25, 0.3) is 5.91 Å². The molecule has 2 aliphatic rings. The van der Waals surface area contributed by atoms with Gasteiger partial charge >= 0.3 is 0 Å². The molecule has 0 saturated carbocycles. The van der Waals surface area contributed by atoms with Gasteiger partial charge in [-0.05, 0) is 56.5 Å². The van der Waals surface area contributed by atoms with Gasteiger partial charge in [0.1, 0.15) is 0 Å². The number of hydrogen-bond acceptors (Lipinski definition) is 4. The second kappa shape index (κ2) is 8.59. The summed E-state index contributed by atoms with van der Waals surface area (Å²) in [5, 5.41) is 3.32. The van der Waals surface area contributed by atoms with Crippen molar-refractivity contribution in [1.82, 2.24) is 10.2 Å². The molecule has 1 aromatic carbocycles. The molecule has 0 radical (unpaired) electrons. The number of hydrogen-bond donors (Lipinski definition) is 1. The normalized spacial score (nSPS) is 21.5. The molecule has 1 aromatic rings. The molecule has 26 heavy (non-hydrogen) atoms. The largest absolute Gasteiger partial charge is 0.334 e. The lowest BCUT2D eigenvalue weighted by Crippen LogP contribution is -2.42. The van der Waals surface area contributed by atoms with Crippen molar-refractivity contribution in [3.8, 4) is 0 Å². The van der Waals surface area contributed by atoms with Gasteiger partial charge in [-0.1, -0.05) is 6.92 Å². The number of nitrogens with zero attached hydrogens (tertiary/aromatic N) is 2. The van der Waals surface area contributed by atoms with Crippen molar-refractivity contribution < 1.29 is 13.2 Å². The van der Waals surface area contributed by atoms with Crippen LogP contribution < -0.4 is 9.62 Å². The van der Waals surface area contributed by atoms with E-state index in [1.807, 2.05) is 17.9 Å². The third kappa shape index (κ3) is 4.15. The monoisotopic (exact) mass is 401 g/mol. The molecule has 2 fully saturated rings. The molecule has 1 amide bonds. The van der Waals surface area contributed by atoms with Gasteiger partial charge in [-0.2, -0.15) is 0 Å². The molecule has 3 rings (SSSR count). The maximum Gasteiger partial charge on any atom is 0.254 e. The van der Waals surface area contributed by atoms with Crippen LogP contribution in [-0.2, 0) is 10.0 Å². The fourth-order valence-corrected chi connectivity index (χ4v) is 5.28. The van der Waals surface area contributed by atoms with E-state index >= 15 is 0 Å².